The summed E-state index contributed by atoms with van der Waals surface area (Å²) in [4.78, 5) is 20.8. The summed E-state index contributed by atoms with van der Waals surface area (Å²) >= 11 is 0. The number of amides is 1. The van der Waals surface area contributed by atoms with E-state index in [0.717, 1.165) is 5.56 Å². The highest BCUT2D eigenvalue weighted by Gasteiger charge is 2.11. The number of carbonyl (C=O) groups is 1. The van der Waals surface area contributed by atoms with Gasteiger partial charge in [0, 0.05) is 18.8 Å². The van der Waals surface area contributed by atoms with E-state index in [0.29, 0.717) is 29.7 Å². The highest BCUT2D eigenvalue weighted by atomic mass is 16.5. The summed E-state index contributed by atoms with van der Waals surface area (Å²) in [6, 6.07) is 16.6. The maximum absolute atomic E-state index is 12.4. The van der Waals surface area contributed by atoms with Crippen LogP contribution >= 0.6 is 0 Å². The van der Waals surface area contributed by atoms with Gasteiger partial charge in [0.25, 0.3) is 5.91 Å². The number of aromatic nitrogens is 2. The Morgan fingerprint density at radius 1 is 1.04 bits per heavy atom. The fraction of sp³-hybridized carbons (Fsp3) is 0.150. The van der Waals surface area contributed by atoms with Crippen LogP contribution in [0.25, 0.3) is 0 Å². The summed E-state index contributed by atoms with van der Waals surface area (Å²) in [5.41, 5.74) is 1.96. The van der Waals surface area contributed by atoms with Gasteiger partial charge in [0.1, 0.15) is 17.2 Å². The van der Waals surface area contributed by atoms with Crippen molar-refractivity contribution in [3.63, 3.8) is 0 Å². The van der Waals surface area contributed by atoms with Gasteiger partial charge in [-0.25, -0.2) is 9.97 Å². The normalized spacial score (nSPS) is 10.1. The molecule has 3 rings (SSSR count). The first kappa shape index (κ1) is 18.2. The Labute approximate surface area is 157 Å². The molecule has 0 fully saturated rings. The molecule has 2 N–H and O–H groups in total. The lowest BCUT2D eigenvalue weighted by Gasteiger charge is -2.12. The molecule has 7 nitrogen and oxygen atoms in total. The Hall–Kier alpha value is -3.61. The van der Waals surface area contributed by atoms with Crippen LogP contribution in [-0.2, 0) is 6.54 Å². The first-order chi connectivity index (χ1) is 13.2. The van der Waals surface area contributed by atoms with Crippen molar-refractivity contribution in [3.05, 3.63) is 72.1 Å². The average molecular weight is 364 g/mol. The van der Waals surface area contributed by atoms with Gasteiger partial charge in [-0.1, -0.05) is 30.3 Å². The van der Waals surface area contributed by atoms with E-state index in [-0.39, 0.29) is 11.6 Å². The minimum Gasteiger partial charge on any atom is -0.497 e. The SMILES string of the molecule is COc1ccc(Nc2nccc(C(=O)NCc3ccccc3)n2)c(OC)c1. The van der Waals surface area contributed by atoms with Gasteiger partial charge >= 0.3 is 0 Å². The van der Waals surface area contributed by atoms with E-state index < -0.39 is 0 Å². The van der Waals surface area contributed by atoms with Crippen molar-refractivity contribution in [2.45, 2.75) is 6.54 Å². The molecule has 7 heteroatoms. The van der Waals surface area contributed by atoms with Crippen LogP contribution in [0.2, 0.25) is 0 Å². The number of hydrogen-bond donors (Lipinski definition) is 2. The van der Waals surface area contributed by atoms with Crippen LogP contribution in [0, 0.1) is 0 Å². The number of rotatable bonds is 7. The van der Waals surface area contributed by atoms with Crippen molar-refractivity contribution >= 4 is 17.5 Å². The minimum absolute atomic E-state index is 0.272. The summed E-state index contributed by atoms with van der Waals surface area (Å²) < 4.78 is 10.5. The second kappa shape index (κ2) is 8.66. The van der Waals surface area contributed by atoms with Crippen LogP contribution in [0.3, 0.4) is 0 Å². The maximum Gasteiger partial charge on any atom is 0.270 e. The zero-order valence-electron chi connectivity index (χ0n) is 15.1. The number of anilines is 2. The number of methoxy groups -OCH3 is 2. The summed E-state index contributed by atoms with van der Waals surface area (Å²) in [7, 11) is 3.15. The second-order valence-electron chi connectivity index (χ2n) is 5.62. The van der Waals surface area contributed by atoms with Crippen LogP contribution in [-0.4, -0.2) is 30.1 Å². The lowest BCUT2D eigenvalue weighted by Crippen LogP contribution is -2.24. The smallest absolute Gasteiger partial charge is 0.270 e. The predicted molar refractivity (Wildman–Crippen MR) is 102 cm³/mol. The summed E-state index contributed by atoms with van der Waals surface area (Å²) in [6.45, 7) is 0.429. The van der Waals surface area contributed by atoms with Gasteiger partial charge in [0.2, 0.25) is 5.95 Å². The van der Waals surface area contributed by atoms with Crippen molar-refractivity contribution in [3.8, 4) is 11.5 Å². The summed E-state index contributed by atoms with van der Waals surface area (Å²) in [5, 5.41) is 5.91. The quantitative estimate of drug-likeness (QED) is 0.670. The molecule has 27 heavy (non-hydrogen) atoms. The van der Waals surface area contributed by atoms with Gasteiger partial charge < -0.3 is 20.1 Å². The molecule has 0 saturated carbocycles. The van der Waals surface area contributed by atoms with Crippen LogP contribution in [0.1, 0.15) is 16.1 Å². The number of nitrogens with zero attached hydrogens (tertiary/aromatic N) is 2. The van der Waals surface area contributed by atoms with Crippen LogP contribution < -0.4 is 20.1 Å². The Morgan fingerprint density at radius 2 is 1.85 bits per heavy atom. The third-order valence-electron chi connectivity index (χ3n) is 3.84. The number of benzene rings is 2. The molecule has 0 aliphatic heterocycles. The lowest BCUT2D eigenvalue weighted by atomic mass is 10.2. The van der Waals surface area contributed by atoms with E-state index >= 15 is 0 Å². The minimum atomic E-state index is -0.272. The molecule has 0 spiro atoms. The summed E-state index contributed by atoms with van der Waals surface area (Å²) in [5.74, 6) is 1.28. The third kappa shape index (κ3) is 4.72. The van der Waals surface area contributed by atoms with Gasteiger partial charge in [-0.15, -0.1) is 0 Å². The number of nitrogens with one attached hydrogen (secondary N) is 2. The average Bonchev–Trinajstić information content (AvgIpc) is 2.73. The fourth-order valence-corrected chi connectivity index (χ4v) is 2.44. The van der Waals surface area contributed by atoms with E-state index in [1.54, 1.807) is 38.5 Å². The molecule has 0 radical (unpaired) electrons. The van der Waals surface area contributed by atoms with E-state index in [2.05, 4.69) is 20.6 Å². The van der Waals surface area contributed by atoms with E-state index in [4.69, 9.17) is 9.47 Å². The maximum atomic E-state index is 12.4. The molecule has 1 heterocycles. The molecule has 0 aliphatic carbocycles. The first-order valence-corrected chi connectivity index (χ1v) is 8.34. The molecule has 0 aliphatic rings. The molecule has 0 atom stereocenters. The Kier molecular flexibility index (Phi) is 5.84. The second-order valence-corrected chi connectivity index (χ2v) is 5.62. The standard InChI is InChI=1S/C20H20N4O3/c1-26-15-8-9-16(18(12-15)27-2)23-20-21-11-10-17(24-20)19(25)22-13-14-6-4-3-5-7-14/h3-12H,13H2,1-2H3,(H,22,25)(H,21,23,24). The van der Waals surface area contributed by atoms with E-state index in [1.165, 1.54) is 6.20 Å². The monoisotopic (exact) mass is 364 g/mol. The molecule has 1 amide bonds. The predicted octanol–water partition coefficient (Wildman–Crippen LogP) is 3.17. The molecule has 1 aromatic heterocycles. The number of hydrogen-bond acceptors (Lipinski definition) is 6. The molecule has 138 valence electrons. The zero-order valence-corrected chi connectivity index (χ0v) is 15.1. The summed E-state index contributed by atoms with van der Waals surface area (Å²) in [6.07, 6.45) is 1.53. The van der Waals surface area contributed by atoms with Crippen LogP contribution in [0.15, 0.2) is 60.8 Å². The number of carbonyl (C=O) groups excluding carboxylic acids is 1. The first-order valence-electron chi connectivity index (χ1n) is 8.34. The topological polar surface area (TPSA) is 85.4 Å². The van der Waals surface area contributed by atoms with Gasteiger partial charge in [0.05, 0.1) is 19.9 Å². The van der Waals surface area contributed by atoms with Crippen molar-refractivity contribution in [1.29, 1.82) is 0 Å². The largest absolute Gasteiger partial charge is 0.497 e. The Morgan fingerprint density at radius 3 is 2.59 bits per heavy atom. The van der Waals surface area contributed by atoms with Crippen molar-refractivity contribution in [2.75, 3.05) is 19.5 Å². The van der Waals surface area contributed by atoms with Crippen LogP contribution in [0.4, 0.5) is 11.6 Å². The molecule has 0 bridgehead atoms. The van der Waals surface area contributed by atoms with E-state index in [9.17, 15) is 4.79 Å². The van der Waals surface area contributed by atoms with Crippen molar-refractivity contribution in [1.82, 2.24) is 15.3 Å². The van der Waals surface area contributed by atoms with Crippen molar-refractivity contribution < 1.29 is 14.3 Å². The van der Waals surface area contributed by atoms with Gasteiger partial charge in [-0.3, -0.25) is 4.79 Å². The molecule has 0 saturated heterocycles. The Bertz CT molecular complexity index is 916. The molecular formula is C20H20N4O3. The molecule has 3 aromatic rings. The Balaban J connectivity index is 1.71. The van der Waals surface area contributed by atoms with Crippen LogP contribution in [0.5, 0.6) is 11.5 Å². The fourth-order valence-electron chi connectivity index (χ4n) is 2.44. The molecule has 0 unspecified atom stereocenters. The highest BCUT2D eigenvalue weighted by Crippen LogP contribution is 2.30. The highest BCUT2D eigenvalue weighted by molar-refractivity contribution is 5.92. The van der Waals surface area contributed by atoms with E-state index in [1.807, 2.05) is 30.3 Å². The lowest BCUT2D eigenvalue weighted by molar-refractivity contribution is 0.0946. The molecule has 2 aromatic carbocycles. The van der Waals surface area contributed by atoms with Gasteiger partial charge in [-0.05, 0) is 23.8 Å². The third-order valence-corrected chi connectivity index (χ3v) is 3.84. The molecular weight excluding hydrogens is 344 g/mol. The van der Waals surface area contributed by atoms with Crippen molar-refractivity contribution in [2.24, 2.45) is 0 Å². The zero-order chi connectivity index (χ0) is 19.1. The number of ether oxygens (including phenoxy) is 2. The van der Waals surface area contributed by atoms with Gasteiger partial charge in [-0.2, -0.15) is 0 Å². The van der Waals surface area contributed by atoms with Gasteiger partial charge in [0.15, 0.2) is 0 Å².